The van der Waals surface area contributed by atoms with E-state index in [4.69, 9.17) is 41.2 Å². The molecule has 0 radical (unpaired) electrons. The van der Waals surface area contributed by atoms with E-state index in [-0.39, 0.29) is 10.0 Å². The zero-order valence-electron chi connectivity index (χ0n) is 9.78. The van der Waals surface area contributed by atoms with Crippen LogP contribution in [0, 0.1) is 5.82 Å². The Morgan fingerprint density at radius 2 is 2.11 bits per heavy atom. The summed E-state index contributed by atoms with van der Waals surface area (Å²) in [6, 6.07) is 1.50. The van der Waals surface area contributed by atoms with Crippen molar-refractivity contribution in [1.29, 1.82) is 0 Å². The van der Waals surface area contributed by atoms with Gasteiger partial charge in [-0.05, 0) is 18.6 Å². The van der Waals surface area contributed by atoms with E-state index in [9.17, 15) is 12.8 Å². The van der Waals surface area contributed by atoms with Crippen molar-refractivity contribution in [3.05, 3.63) is 28.0 Å². The van der Waals surface area contributed by atoms with Crippen molar-refractivity contribution in [2.24, 2.45) is 5.73 Å². The van der Waals surface area contributed by atoms with Crippen LogP contribution in [0.2, 0.25) is 10.0 Å². The largest absolute Gasteiger partial charge is 0.392 e. The lowest BCUT2D eigenvalue weighted by atomic mass is 10.2. The van der Waals surface area contributed by atoms with Crippen LogP contribution in [0.25, 0.3) is 0 Å². The van der Waals surface area contributed by atoms with Gasteiger partial charge in [-0.1, -0.05) is 42.3 Å². The number of benzene rings is 1. The fraction of sp³-hybridized carbons (Fsp3) is 0.300. The molecule has 0 aromatic heterocycles. The molecule has 0 heterocycles. The molecular weight excluding hydrogens is 334 g/mol. The molecule has 0 fully saturated rings. The van der Waals surface area contributed by atoms with Crippen LogP contribution in [-0.2, 0) is 10.0 Å². The van der Waals surface area contributed by atoms with Gasteiger partial charge >= 0.3 is 0 Å². The maximum atomic E-state index is 13.5. The van der Waals surface area contributed by atoms with Crippen LogP contribution in [0.1, 0.15) is 13.3 Å². The van der Waals surface area contributed by atoms with E-state index in [1.54, 1.807) is 6.92 Å². The maximum Gasteiger partial charge on any atom is 0.242 e. The molecule has 0 amide bonds. The van der Waals surface area contributed by atoms with E-state index in [1.165, 1.54) is 0 Å². The van der Waals surface area contributed by atoms with E-state index < -0.39 is 31.8 Å². The number of hydrogen-bond donors (Lipinski definition) is 2. The number of rotatable bonds is 5. The summed E-state index contributed by atoms with van der Waals surface area (Å²) in [6.45, 7) is 1.70. The molecule has 3 N–H and O–H groups in total. The highest BCUT2D eigenvalue weighted by Crippen LogP contribution is 2.29. The van der Waals surface area contributed by atoms with Crippen LogP contribution in [0.3, 0.4) is 0 Å². The van der Waals surface area contributed by atoms with Crippen LogP contribution in [0.15, 0.2) is 17.0 Å². The van der Waals surface area contributed by atoms with Crippen LogP contribution in [-0.4, -0.2) is 19.4 Å². The van der Waals surface area contributed by atoms with Gasteiger partial charge < -0.3 is 5.73 Å². The van der Waals surface area contributed by atoms with E-state index >= 15 is 0 Å². The van der Waals surface area contributed by atoms with Gasteiger partial charge in [0.2, 0.25) is 10.0 Å². The minimum absolute atomic E-state index is 0.00312. The van der Waals surface area contributed by atoms with Crippen LogP contribution >= 0.6 is 35.4 Å². The van der Waals surface area contributed by atoms with Gasteiger partial charge in [-0.15, -0.1) is 0 Å². The van der Waals surface area contributed by atoms with Crippen LogP contribution in [0.4, 0.5) is 4.39 Å². The average Bonchev–Trinajstić information content (AvgIpc) is 2.32. The van der Waals surface area contributed by atoms with Gasteiger partial charge in [0.1, 0.15) is 4.90 Å². The molecule has 1 aromatic rings. The number of nitrogens with one attached hydrogen (secondary N) is 1. The zero-order chi connectivity index (χ0) is 14.8. The van der Waals surface area contributed by atoms with E-state index in [2.05, 4.69) is 4.72 Å². The van der Waals surface area contributed by atoms with Crippen molar-refractivity contribution in [2.45, 2.75) is 24.3 Å². The molecule has 0 aliphatic carbocycles. The first-order valence-electron chi connectivity index (χ1n) is 5.15. The fourth-order valence-electron chi connectivity index (χ4n) is 1.31. The standard InChI is InChI=1S/C10H11Cl2FN2O2S2/c1-2-6(10(14)18)15-19(16,17)7-4-3-5(11)9(13)8(7)12/h3-4,6,15H,2H2,1H3,(H2,14,18). The molecule has 1 aromatic carbocycles. The molecule has 19 heavy (non-hydrogen) atoms. The summed E-state index contributed by atoms with van der Waals surface area (Å²) < 4.78 is 39.9. The zero-order valence-corrected chi connectivity index (χ0v) is 12.9. The molecule has 0 aliphatic rings. The Hall–Kier alpha value is -0.470. The smallest absolute Gasteiger partial charge is 0.242 e. The Bertz CT molecular complexity index is 608. The molecule has 0 bridgehead atoms. The third-order valence-corrected chi connectivity index (χ3v) is 4.91. The highest BCUT2D eigenvalue weighted by atomic mass is 35.5. The summed E-state index contributed by atoms with van der Waals surface area (Å²) in [7, 11) is -4.03. The topological polar surface area (TPSA) is 72.2 Å². The minimum Gasteiger partial charge on any atom is -0.392 e. The first-order chi connectivity index (χ1) is 8.70. The molecule has 0 aliphatic heterocycles. The number of thiocarbonyl (C=S) groups is 1. The lowest BCUT2D eigenvalue weighted by molar-refractivity contribution is 0.569. The number of nitrogens with two attached hydrogens (primary N) is 1. The summed E-state index contributed by atoms with van der Waals surface area (Å²) in [5.74, 6) is -0.991. The molecule has 1 atom stereocenters. The second kappa shape index (κ2) is 6.32. The minimum atomic E-state index is -4.03. The summed E-state index contributed by atoms with van der Waals surface area (Å²) in [6.07, 6.45) is 0.363. The van der Waals surface area contributed by atoms with Gasteiger partial charge in [0.15, 0.2) is 5.82 Å². The molecule has 0 spiro atoms. The van der Waals surface area contributed by atoms with Crippen LogP contribution < -0.4 is 10.5 Å². The monoisotopic (exact) mass is 344 g/mol. The van der Waals surface area contributed by atoms with Crippen LogP contribution in [0.5, 0.6) is 0 Å². The molecule has 4 nitrogen and oxygen atoms in total. The Morgan fingerprint density at radius 1 is 1.53 bits per heavy atom. The highest BCUT2D eigenvalue weighted by Gasteiger charge is 2.25. The number of sulfonamides is 1. The Kier molecular flexibility index (Phi) is 5.52. The van der Waals surface area contributed by atoms with Gasteiger partial charge in [0.25, 0.3) is 0 Å². The predicted octanol–water partition coefficient (Wildman–Crippen LogP) is 2.48. The van der Waals surface area contributed by atoms with Gasteiger partial charge in [-0.3, -0.25) is 0 Å². The Balaban J connectivity index is 3.22. The Labute approximate surface area is 126 Å². The number of halogens is 3. The normalized spacial score (nSPS) is 13.3. The van der Waals surface area contributed by atoms with Crippen molar-refractivity contribution < 1.29 is 12.8 Å². The molecule has 1 rings (SSSR count). The highest BCUT2D eigenvalue weighted by molar-refractivity contribution is 7.89. The summed E-state index contributed by atoms with van der Waals surface area (Å²) >= 11 is 15.9. The van der Waals surface area contributed by atoms with E-state index in [0.717, 1.165) is 12.1 Å². The van der Waals surface area contributed by atoms with Gasteiger partial charge in [0, 0.05) is 0 Å². The van der Waals surface area contributed by atoms with Crippen molar-refractivity contribution in [3.63, 3.8) is 0 Å². The lowest BCUT2D eigenvalue weighted by Crippen LogP contribution is -2.43. The van der Waals surface area contributed by atoms with Gasteiger partial charge in [0.05, 0.1) is 21.1 Å². The number of hydrogen-bond acceptors (Lipinski definition) is 3. The summed E-state index contributed by atoms with van der Waals surface area (Å²) in [5.41, 5.74) is 5.40. The molecule has 9 heteroatoms. The van der Waals surface area contributed by atoms with E-state index in [0.29, 0.717) is 6.42 Å². The maximum absolute atomic E-state index is 13.5. The molecular formula is C10H11Cl2FN2O2S2. The average molecular weight is 345 g/mol. The molecule has 0 saturated carbocycles. The van der Waals surface area contributed by atoms with Gasteiger partial charge in [-0.25, -0.2) is 17.5 Å². The SMILES string of the molecule is CCC(NS(=O)(=O)c1ccc(Cl)c(F)c1Cl)C(N)=S. The predicted molar refractivity (Wildman–Crippen MR) is 77.6 cm³/mol. The second-order valence-electron chi connectivity index (χ2n) is 3.66. The van der Waals surface area contributed by atoms with E-state index in [1.807, 2.05) is 0 Å². The molecule has 106 valence electrons. The van der Waals surface area contributed by atoms with Gasteiger partial charge in [-0.2, -0.15) is 0 Å². The van der Waals surface area contributed by atoms with Crippen molar-refractivity contribution >= 4 is 50.4 Å². The first-order valence-corrected chi connectivity index (χ1v) is 7.80. The van der Waals surface area contributed by atoms with Crippen molar-refractivity contribution in [2.75, 3.05) is 0 Å². The molecule has 1 unspecified atom stereocenters. The quantitative estimate of drug-likeness (QED) is 0.635. The summed E-state index contributed by atoms with van der Waals surface area (Å²) in [5, 5.41) is -0.830. The third-order valence-electron chi connectivity index (χ3n) is 2.34. The second-order valence-corrected chi connectivity index (χ2v) is 6.60. The van der Waals surface area contributed by atoms with Crippen molar-refractivity contribution in [1.82, 2.24) is 4.72 Å². The Morgan fingerprint density at radius 3 is 2.58 bits per heavy atom. The molecule has 0 saturated heterocycles. The lowest BCUT2D eigenvalue weighted by Gasteiger charge is -2.16. The van der Waals surface area contributed by atoms with Crippen molar-refractivity contribution in [3.8, 4) is 0 Å². The third kappa shape index (κ3) is 3.76. The summed E-state index contributed by atoms with van der Waals surface area (Å²) in [4.78, 5) is -0.414. The first kappa shape index (κ1) is 16.6. The fourth-order valence-corrected chi connectivity index (χ4v) is 3.65.